The molecule has 6 heteroatoms. The van der Waals surface area contributed by atoms with E-state index in [0.29, 0.717) is 5.70 Å². The number of aromatic nitrogens is 2. The Morgan fingerprint density at radius 3 is 2.64 bits per heavy atom. The van der Waals surface area contributed by atoms with Crippen LogP contribution in [0.3, 0.4) is 0 Å². The molecular formula is C19H18BrN4O+. The minimum absolute atomic E-state index is 0.0613. The average Bonchev–Trinajstić information content (AvgIpc) is 2.98. The van der Waals surface area contributed by atoms with Gasteiger partial charge in [-0.25, -0.2) is 14.9 Å². The summed E-state index contributed by atoms with van der Waals surface area (Å²) in [5.41, 5.74) is 3.78. The molecule has 2 atom stereocenters. The second-order valence-corrected chi connectivity index (χ2v) is 7.01. The van der Waals surface area contributed by atoms with Gasteiger partial charge >= 0.3 is 5.95 Å². The molecule has 1 aliphatic rings. The Hall–Kier alpha value is -2.60. The monoisotopic (exact) mass is 397 g/mol. The van der Waals surface area contributed by atoms with E-state index in [4.69, 9.17) is 0 Å². The van der Waals surface area contributed by atoms with Gasteiger partial charge in [0.1, 0.15) is 23.0 Å². The zero-order valence-corrected chi connectivity index (χ0v) is 15.3. The highest BCUT2D eigenvalue weighted by atomic mass is 79.9. The molecule has 0 radical (unpaired) electrons. The molecule has 3 N–H and O–H groups in total. The van der Waals surface area contributed by atoms with Crippen molar-refractivity contribution < 1.29 is 9.36 Å². The lowest BCUT2D eigenvalue weighted by Crippen LogP contribution is -2.54. The predicted octanol–water partition coefficient (Wildman–Crippen LogP) is 3.11. The summed E-state index contributed by atoms with van der Waals surface area (Å²) in [6.45, 7) is 4.11. The van der Waals surface area contributed by atoms with Gasteiger partial charge in [0.05, 0.1) is 5.70 Å². The van der Waals surface area contributed by atoms with Crippen LogP contribution in [0.5, 0.6) is 0 Å². The maximum absolute atomic E-state index is 12.7. The number of rotatable bonds is 2. The third kappa shape index (κ3) is 2.53. The topological polar surface area (TPSA) is 60.8 Å². The van der Waals surface area contributed by atoms with Crippen LogP contribution in [0.25, 0.3) is 11.0 Å². The highest BCUT2D eigenvalue weighted by molar-refractivity contribution is 9.10. The van der Waals surface area contributed by atoms with Gasteiger partial charge in [0.2, 0.25) is 5.91 Å². The van der Waals surface area contributed by atoms with Gasteiger partial charge in [-0.05, 0) is 29.8 Å². The fourth-order valence-electron chi connectivity index (χ4n) is 3.51. The number of para-hydroxylation sites is 2. The van der Waals surface area contributed by atoms with Crippen LogP contribution in [0.1, 0.15) is 11.6 Å². The number of benzene rings is 2. The molecule has 0 spiro atoms. The van der Waals surface area contributed by atoms with Crippen molar-refractivity contribution in [1.82, 2.24) is 10.3 Å². The summed E-state index contributed by atoms with van der Waals surface area (Å²) in [6.07, 6.45) is 0. The van der Waals surface area contributed by atoms with E-state index in [2.05, 4.69) is 48.8 Å². The quantitative estimate of drug-likeness (QED) is 0.581. The normalized spacial score (nSPS) is 19.4. The van der Waals surface area contributed by atoms with Crippen molar-refractivity contribution in [2.24, 2.45) is 5.92 Å². The Labute approximate surface area is 153 Å². The van der Waals surface area contributed by atoms with Gasteiger partial charge in [-0.2, -0.15) is 0 Å². The van der Waals surface area contributed by atoms with Crippen molar-refractivity contribution in [2.45, 2.75) is 6.04 Å². The van der Waals surface area contributed by atoms with Crippen LogP contribution in [-0.4, -0.2) is 17.9 Å². The zero-order chi connectivity index (χ0) is 17.6. The van der Waals surface area contributed by atoms with E-state index in [1.54, 1.807) is 7.05 Å². The average molecular weight is 398 g/mol. The molecule has 5 nitrogen and oxygen atoms in total. The first kappa shape index (κ1) is 15.9. The second kappa shape index (κ2) is 6.04. The van der Waals surface area contributed by atoms with Gasteiger partial charge in [0.15, 0.2) is 0 Å². The lowest BCUT2D eigenvalue weighted by atomic mass is 9.88. The van der Waals surface area contributed by atoms with Crippen LogP contribution in [0.15, 0.2) is 65.3 Å². The van der Waals surface area contributed by atoms with Gasteiger partial charge in [-0.1, -0.05) is 46.8 Å². The van der Waals surface area contributed by atoms with Crippen LogP contribution >= 0.6 is 15.9 Å². The number of carbonyl (C=O) groups excluding carboxylic acids is 1. The number of nitrogens with zero attached hydrogens (tertiary/aromatic N) is 1. The molecule has 126 valence electrons. The molecule has 0 bridgehead atoms. The number of hydrogen-bond acceptors (Lipinski definition) is 2. The van der Waals surface area contributed by atoms with Crippen molar-refractivity contribution in [3.8, 4) is 0 Å². The van der Waals surface area contributed by atoms with Crippen molar-refractivity contribution in [3.05, 3.63) is 70.8 Å². The highest BCUT2D eigenvalue weighted by Crippen LogP contribution is 2.35. The van der Waals surface area contributed by atoms with Gasteiger partial charge < -0.3 is 5.32 Å². The Morgan fingerprint density at radius 2 is 1.92 bits per heavy atom. The molecule has 2 heterocycles. The van der Waals surface area contributed by atoms with E-state index in [1.807, 2.05) is 42.5 Å². The number of H-pyrrole nitrogens is 1. The van der Waals surface area contributed by atoms with E-state index in [-0.39, 0.29) is 11.9 Å². The van der Waals surface area contributed by atoms with Crippen LogP contribution in [0, 0.1) is 5.92 Å². The first-order valence-electron chi connectivity index (χ1n) is 8.05. The minimum Gasteiger partial charge on any atom is -0.358 e. The Balaban J connectivity index is 1.99. The molecule has 2 aromatic carbocycles. The number of anilines is 1. The summed E-state index contributed by atoms with van der Waals surface area (Å²) in [5, 5.41) is 6.04. The summed E-state index contributed by atoms with van der Waals surface area (Å²) in [4.78, 5) is 16.0. The molecular weight excluding hydrogens is 380 g/mol. The number of aromatic amines is 1. The standard InChI is InChI=1S/C19H17BrN4O/c1-11-16(18(25)21-2)17(12-7-9-13(20)10-8-12)24-15-6-4-3-5-14(15)23-19(24)22-11/h3-10,16-17H,1H2,2H3,(H2,21,22,23,25)/p+1. The summed E-state index contributed by atoms with van der Waals surface area (Å²) in [5.74, 6) is 0.357. The highest BCUT2D eigenvalue weighted by Gasteiger charge is 2.43. The van der Waals surface area contributed by atoms with Gasteiger partial charge in [0.25, 0.3) is 0 Å². The lowest BCUT2D eigenvalue weighted by molar-refractivity contribution is -0.681. The van der Waals surface area contributed by atoms with Crippen LogP contribution in [0.2, 0.25) is 0 Å². The maximum Gasteiger partial charge on any atom is 0.361 e. The molecule has 25 heavy (non-hydrogen) atoms. The Bertz CT molecular complexity index is 977. The van der Waals surface area contributed by atoms with Crippen molar-refractivity contribution in [2.75, 3.05) is 12.4 Å². The van der Waals surface area contributed by atoms with Crippen molar-refractivity contribution in [3.63, 3.8) is 0 Å². The maximum atomic E-state index is 12.7. The minimum atomic E-state index is -0.414. The van der Waals surface area contributed by atoms with Crippen LogP contribution in [0.4, 0.5) is 5.95 Å². The fourth-order valence-corrected chi connectivity index (χ4v) is 3.77. The van der Waals surface area contributed by atoms with Gasteiger partial charge in [0, 0.05) is 11.5 Å². The number of hydrogen-bond donors (Lipinski definition) is 3. The molecule has 1 aromatic heterocycles. The third-order valence-electron chi connectivity index (χ3n) is 4.65. The Morgan fingerprint density at radius 1 is 1.20 bits per heavy atom. The van der Waals surface area contributed by atoms with E-state index >= 15 is 0 Å². The lowest BCUT2D eigenvalue weighted by Gasteiger charge is -2.30. The number of fused-ring (bicyclic) bond motifs is 3. The number of halogens is 1. The molecule has 0 aliphatic carbocycles. The van der Waals surface area contributed by atoms with Gasteiger partial charge in [-0.3, -0.25) is 4.79 Å². The number of amides is 1. The first-order valence-corrected chi connectivity index (χ1v) is 8.84. The summed E-state index contributed by atoms with van der Waals surface area (Å²) >= 11 is 3.48. The van der Waals surface area contributed by atoms with E-state index < -0.39 is 5.92 Å². The molecule has 0 saturated heterocycles. The van der Waals surface area contributed by atoms with Crippen LogP contribution in [-0.2, 0) is 4.79 Å². The van der Waals surface area contributed by atoms with Crippen molar-refractivity contribution >= 4 is 38.8 Å². The predicted molar refractivity (Wildman–Crippen MR) is 101 cm³/mol. The summed E-state index contributed by atoms with van der Waals surface area (Å²) in [6, 6.07) is 16.0. The third-order valence-corrected chi connectivity index (χ3v) is 5.17. The van der Waals surface area contributed by atoms with Gasteiger partial charge in [-0.15, -0.1) is 0 Å². The van der Waals surface area contributed by atoms with Crippen molar-refractivity contribution in [1.29, 1.82) is 0 Å². The molecule has 0 saturated carbocycles. The van der Waals surface area contributed by atoms with Crippen LogP contribution < -0.4 is 15.2 Å². The molecule has 3 aromatic rings. The summed E-state index contributed by atoms with van der Waals surface area (Å²) < 4.78 is 3.15. The second-order valence-electron chi connectivity index (χ2n) is 6.10. The smallest absolute Gasteiger partial charge is 0.358 e. The SMILES string of the molecule is C=C1Nc2[nH]c3ccccc3[n+]2C(c2ccc(Br)cc2)C1C(=O)NC. The Kier molecular flexibility index (Phi) is 3.84. The molecule has 1 aliphatic heterocycles. The van der Waals surface area contributed by atoms with E-state index in [0.717, 1.165) is 27.0 Å². The molecule has 0 fully saturated rings. The number of carbonyl (C=O) groups is 1. The molecule has 4 rings (SSSR count). The molecule has 2 unspecified atom stereocenters. The zero-order valence-electron chi connectivity index (χ0n) is 13.7. The molecule has 1 amide bonds. The van der Waals surface area contributed by atoms with E-state index in [1.165, 1.54) is 0 Å². The first-order chi connectivity index (χ1) is 12.1. The van der Waals surface area contributed by atoms with E-state index in [9.17, 15) is 4.79 Å². The fraction of sp³-hybridized carbons (Fsp3) is 0.158. The number of imidazole rings is 1. The largest absolute Gasteiger partial charge is 0.361 e. The summed E-state index contributed by atoms with van der Waals surface area (Å²) in [7, 11) is 1.66. The number of nitrogens with one attached hydrogen (secondary N) is 3.